The van der Waals surface area contributed by atoms with Gasteiger partial charge in [0.1, 0.15) is 0 Å². The van der Waals surface area contributed by atoms with Gasteiger partial charge in [0.15, 0.2) is 6.29 Å². The third-order valence-corrected chi connectivity index (χ3v) is 2.91. The third-order valence-electron chi connectivity index (χ3n) is 2.38. The predicted octanol–water partition coefficient (Wildman–Crippen LogP) is 2.21. The Kier molecular flexibility index (Phi) is 3.75. The Morgan fingerprint density at radius 3 is 2.73 bits per heavy atom. The van der Waals surface area contributed by atoms with Gasteiger partial charge in [-0.25, -0.2) is 0 Å². The number of rotatable bonds is 3. The minimum Gasteiger partial charge on any atom is -0.346 e. The first-order chi connectivity index (χ1) is 7.29. The first kappa shape index (κ1) is 11.1. The highest BCUT2D eigenvalue weighted by Gasteiger charge is 2.26. The van der Waals surface area contributed by atoms with Crippen LogP contribution in [0.4, 0.5) is 0 Å². The van der Waals surface area contributed by atoms with Gasteiger partial charge in [0, 0.05) is 10.0 Å². The highest BCUT2D eigenvalue weighted by atomic mass is 79.9. The Labute approximate surface area is 97.7 Å². The van der Waals surface area contributed by atoms with Crippen LogP contribution in [0.2, 0.25) is 0 Å². The van der Waals surface area contributed by atoms with E-state index in [1.807, 2.05) is 24.3 Å². The van der Waals surface area contributed by atoms with E-state index in [-0.39, 0.29) is 12.4 Å². The molecule has 1 saturated heterocycles. The molecule has 2 N–H and O–H groups in total. The Hall–Kier alpha value is -0.420. The summed E-state index contributed by atoms with van der Waals surface area (Å²) in [5.74, 6) is 0. The first-order valence-corrected chi connectivity index (χ1v) is 5.81. The van der Waals surface area contributed by atoms with Crippen molar-refractivity contribution >= 4 is 15.9 Å². The normalized spacial score (nSPS) is 25.7. The van der Waals surface area contributed by atoms with Crippen LogP contribution in [0.3, 0.4) is 0 Å². The molecular weight excluding hydrogens is 258 g/mol. The van der Waals surface area contributed by atoms with E-state index in [1.54, 1.807) is 0 Å². The van der Waals surface area contributed by atoms with E-state index >= 15 is 0 Å². The predicted molar refractivity (Wildman–Crippen MR) is 61.4 cm³/mol. The second kappa shape index (κ2) is 5.07. The van der Waals surface area contributed by atoms with Crippen LogP contribution in [-0.4, -0.2) is 19.3 Å². The van der Waals surface area contributed by atoms with Crippen LogP contribution >= 0.6 is 15.9 Å². The van der Waals surface area contributed by atoms with E-state index in [9.17, 15) is 0 Å². The molecule has 4 heteroatoms. The number of nitrogens with two attached hydrogens (primary N) is 1. The lowest BCUT2D eigenvalue weighted by Crippen LogP contribution is -2.15. The monoisotopic (exact) mass is 271 g/mol. The summed E-state index contributed by atoms with van der Waals surface area (Å²) in [6.45, 7) is 1.28. The summed E-state index contributed by atoms with van der Waals surface area (Å²) < 4.78 is 12.3. The van der Waals surface area contributed by atoms with Crippen molar-refractivity contribution in [2.75, 3.05) is 13.2 Å². The van der Waals surface area contributed by atoms with Gasteiger partial charge >= 0.3 is 0 Å². The van der Waals surface area contributed by atoms with Gasteiger partial charge in [-0.1, -0.05) is 28.1 Å². The maximum atomic E-state index is 5.71. The van der Waals surface area contributed by atoms with Gasteiger partial charge in [0.2, 0.25) is 0 Å². The van der Waals surface area contributed by atoms with Gasteiger partial charge in [-0.2, -0.15) is 0 Å². The fourth-order valence-corrected chi connectivity index (χ4v) is 1.84. The molecule has 1 aromatic rings. The molecule has 0 spiro atoms. The number of ether oxygens (including phenoxy) is 2. The molecule has 0 saturated carbocycles. The lowest BCUT2D eigenvalue weighted by Gasteiger charge is -2.11. The van der Waals surface area contributed by atoms with Crippen LogP contribution in [0.15, 0.2) is 28.7 Å². The first-order valence-electron chi connectivity index (χ1n) is 5.02. The van der Waals surface area contributed by atoms with Gasteiger partial charge in [0.05, 0.1) is 12.7 Å². The highest BCUT2D eigenvalue weighted by Crippen LogP contribution is 2.28. The molecule has 82 valence electrons. The summed E-state index contributed by atoms with van der Waals surface area (Å²) in [7, 11) is 0. The van der Waals surface area contributed by atoms with Crippen molar-refractivity contribution in [2.24, 2.45) is 5.73 Å². The molecule has 1 heterocycles. The van der Waals surface area contributed by atoms with Gasteiger partial charge in [-0.05, 0) is 25.1 Å². The molecule has 1 aliphatic rings. The highest BCUT2D eigenvalue weighted by molar-refractivity contribution is 9.10. The quantitative estimate of drug-likeness (QED) is 0.917. The summed E-state index contributed by atoms with van der Waals surface area (Å²) in [6, 6.07) is 7.97. The summed E-state index contributed by atoms with van der Waals surface area (Å²) in [5.41, 5.74) is 6.52. The van der Waals surface area contributed by atoms with Crippen LogP contribution in [0.5, 0.6) is 0 Å². The fraction of sp³-hybridized carbons (Fsp3) is 0.455. The van der Waals surface area contributed by atoms with Gasteiger partial charge in [0.25, 0.3) is 0 Å². The Balaban J connectivity index is 1.98. The molecule has 2 unspecified atom stereocenters. The van der Waals surface area contributed by atoms with Crippen molar-refractivity contribution in [1.82, 2.24) is 0 Å². The molecular formula is C11H14BrNO2. The summed E-state index contributed by atoms with van der Waals surface area (Å²) >= 11 is 3.39. The van der Waals surface area contributed by atoms with Crippen LogP contribution in [0, 0.1) is 0 Å². The van der Waals surface area contributed by atoms with Gasteiger partial charge < -0.3 is 15.2 Å². The van der Waals surface area contributed by atoms with Crippen molar-refractivity contribution in [3.63, 3.8) is 0 Å². The van der Waals surface area contributed by atoms with Crippen molar-refractivity contribution < 1.29 is 9.47 Å². The van der Waals surface area contributed by atoms with Crippen LogP contribution in [-0.2, 0) is 9.47 Å². The number of hydrogen-bond acceptors (Lipinski definition) is 3. The summed E-state index contributed by atoms with van der Waals surface area (Å²) in [5, 5.41) is 0. The Morgan fingerprint density at radius 1 is 1.33 bits per heavy atom. The average Bonchev–Trinajstić information content (AvgIpc) is 2.68. The van der Waals surface area contributed by atoms with E-state index in [4.69, 9.17) is 15.2 Å². The molecule has 0 aliphatic carbocycles. The minimum atomic E-state index is -0.227. The van der Waals surface area contributed by atoms with E-state index in [0.717, 1.165) is 16.5 Å². The summed E-state index contributed by atoms with van der Waals surface area (Å²) in [4.78, 5) is 0. The average molecular weight is 272 g/mol. The molecule has 2 atom stereocenters. The molecule has 1 aromatic carbocycles. The zero-order valence-corrected chi connectivity index (χ0v) is 9.94. The lowest BCUT2D eigenvalue weighted by molar-refractivity contribution is -0.0607. The largest absolute Gasteiger partial charge is 0.346 e. The lowest BCUT2D eigenvalue weighted by atomic mass is 10.2. The van der Waals surface area contributed by atoms with Crippen molar-refractivity contribution in [1.29, 1.82) is 0 Å². The number of benzene rings is 1. The molecule has 1 aliphatic heterocycles. The Morgan fingerprint density at radius 2 is 2.07 bits per heavy atom. The maximum Gasteiger partial charge on any atom is 0.184 e. The van der Waals surface area contributed by atoms with Crippen LogP contribution < -0.4 is 5.73 Å². The second-order valence-electron chi connectivity index (χ2n) is 3.55. The standard InChI is InChI=1S/C11H14BrNO2/c12-9-3-1-8(2-4-9)11-14-7-10(15-11)5-6-13/h1-4,10-11H,5-7,13H2. The SMILES string of the molecule is NCCC1COC(c2ccc(Br)cc2)O1. The number of hydrogen-bond donors (Lipinski definition) is 1. The van der Waals surface area contributed by atoms with Crippen molar-refractivity contribution in [3.8, 4) is 0 Å². The second-order valence-corrected chi connectivity index (χ2v) is 4.47. The van der Waals surface area contributed by atoms with Crippen molar-refractivity contribution in [2.45, 2.75) is 18.8 Å². The Bertz CT molecular complexity index is 315. The van der Waals surface area contributed by atoms with Gasteiger partial charge in [-0.3, -0.25) is 0 Å². The molecule has 0 amide bonds. The van der Waals surface area contributed by atoms with Gasteiger partial charge in [-0.15, -0.1) is 0 Å². The molecule has 1 fully saturated rings. The molecule has 2 rings (SSSR count). The smallest absolute Gasteiger partial charge is 0.184 e. The zero-order chi connectivity index (χ0) is 10.7. The molecule has 0 radical (unpaired) electrons. The van der Waals surface area contributed by atoms with E-state index < -0.39 is 0 Å². The maximum absolute atomic E-state index is 5.71. The third kappa shape index (κ3) is 2.78. The van der Waals surface area contributed by atoms with E-state index in [1.165, 1.54) is 0 Å². The molecule has 15 heavy (non-hydrogen) atoms. The fourth-order valence-electron chi connectivity index (χ4n) is 1.58. The van der Waals surface area contributed by atoms with Crippen LogP contribution in [0.1, 0.15) is 18.3 Å². The van der Waals surface area contributed by atoms with E-state index in [2.05, 4.69) is 15.9 Å². The van der Waals surface area contributed by atoms with Crippen molar-refractivity contribution in [3.05, 3.63) is 34.3 Å². The molecule has 3 nitrogen and oxygen atoms in total. The topological polar surface area (TPSA) is 44.5 Å². The molecule has 0 bridgehead atoms. The number of halogens is 1. The summed E-state index contributed by atoms with van der Waals surface area (Å²) in [6.07, 6.45) is 0.769. The minimum absolute atomic E-state index is 0.142. The van der Waals surface area contributed by atoms with E-state index in [0.29, 0.717) is 13.2 Å². The van der Waals surface area contributed by atoms with Crippen LogP contribution in [0.25, 0.3) is 0 Å². The zero-order valence-electron chi connectivity index (χ0n) is 8.36. The molecule has 0 aromatic heterocycles.